The molecule has 76 valence electrons. The van der Waals surface area contributed by atoms with Crippen LogP contribution in [-0.4, -0.2) is 0 Å². The van der Waals surface area contributed by atoms with Crippen LogP contribution < -0.4 is 5.73 Å². The average molecular weight is 216 g/mol. The zero-order valence-corrected chi connectivity index (χ0v) is 9.45. The Balaban J connectivity index is 2.71. The van der Waals surface area contributed by atoms with Gasteiger partial charge in [0.2, 0.25) is 0 Å². The molecule has 0 saturated carbocycles. The Morgan fingerprint density at radius 3 is 2.93 bits per heavy atom. The third kappa shape index (κ3) is 1.32. The van der Waals surface area contributed by atoms with E-state index >= 15 is 0 Å². The number of nitrogens with two attached hydrogens (primary N) is 1. The van der Waals surface area contributed by atoms with Crippen molar-refractivity contribution < 1.29 is 0 Å². The highest BCUT2D eigenvalue weighted by Gasteiger charge is 2.35. The summed E-state index contributed by atoms with van der Waals surface area (Å²) in [7, 11) is 0. The van der Waals surface area contributed by atoms with E-state index in [1.165, 1.54) is 16.2 Å². The fourth-order valence-electron chi connectivity index (χ4n) is 2.24. The van der Waals surface area contributed by atoms with Gasteiger partial charge in [-0.2, -0.15) is 5.26 Å². The fourth-order valence-corrected chi connectivity index (χ4v) is 3.43. The monoisotopic (exact) mass is 216 g/mol. The zero-order chi connectivity index (χ0) is 11.1. The summed E-state index contributed by atoms with van der Waals surface area (Å²) >= 11 is 1.52. The Bertz CT molecular complexity index is 487. The lowest BCUT2D eigenvalue weighted by atomic mass is 9.73. The number of anilines is 1. The summed E-state index contributed by atoms with van der Waals surface area (Å²) in [6, 6.07) is 2.18. The lowest BCUT2D eigenvalue weighted by molar-refractivity contribution is 0.502. The number of hydrogen-bond donors (Lipinski definition) is 1. The molecule has 0 radical (unpaired) electrons. The van der Waals surface area contributed by atoms with Crippen molar-refractivity contribution in [2.45, 2.75) is 31.6 Å². The second kappa shape index (κ2) is 3.29. The van der Waals surface area contributed by atoms with Gasteiger partial charge in [0.25, 0.3) is 0 Å². The van der Waals surface area contributed by atoms with Gasteiger partial charge in [0.1, 0.15) is 11.1 Å². The molecule has 2 N–H and O–H groups in total. The number of fused-ring (bicyclic) bond motifs is 1. The van der Waals surface area contributed by atoms with Crippen molar-refractivity contribution in [3.8, 4) is 18.4 Å². The lowest BCUT2D eigenvalue weighted by Crippen LogP contribution is -2.25. The summed E-state index contributed by atoms with van der Waals surface area (Å²) in [5.41, 5.74) is 7.16. The molecular formula is C12H12N2S. The van der Waals surface area contributed by atoms with Gasteiger partial charge in [-0.1, -0.05) is 5.92 Å². The third-order valence-corrected chi connectivity index (χ3v) is 4.15. The smallest absolute Gasteiger partial charge is 0.104 e. The van der Waals surface area contributed by atoms with Gasteiger partial charge >= 0.3 is 0 Å². The average Bonchev–Trinajstić information content (AvgIpc) is 2.55. The molecular weight excluding hydrogens is 204 g/mol. The van der Waals surface area contributed by atoms with Crippen LogP contribution in [0.25, 0.3) is 0 Å². The van der Waals surface area contributed by atoms with E-state index in [2.05, 4.69) is 12.0 Å². The molecule has 1 heterocycles. The number of rotatable bonds is 0. The number of terminal acetylenes is 1. The minimum Gasteiger partial charge on any atom is -0.389 e. The molecule has 1 aromatic rings. The Morgan fingerprint density at radius 2 is 2.33 bits per heavy atom. The van der Waals surface area contributed by atoms with E-state index in [1.54, 1.807) is 0 Å². The van der Waals surface area contributed by atoms with Gasteiger partial charge in [0.05, 0.1) is 11.0 Å². The van der Waals surface area contributed by atoms with Crippen LogP contribution >= 0.6 is 11.3 Å². The Kier molecular flexibility index (Phi) is 2.21. The normalized spacial score (nSPS) is 23.9. The summed E-state index contributed by atoms with van der Waals surface area (Å²) in [5.74, 6) is 2.82. The second-order valence-electron chi connectivity index (χ2n) is 4.08. The second-order valence-corrected chi connectivity index (χ2v) is 5.22. The molecule has 0 aliphatic heterocycles. The van der Waals surface area contributed by atoms with Gasteiger partial charge in [-0.15, -0.1) is 17.8 Å². The van der Waals surface area contributed by atoms with E-state index in [0.29, 0.717) is 10.6 Å². The van der Waals surface area contributed by atoms with Crippen LogP contribution in [0.4, 0.5) is 5.00 Å². The predicted octanol–water partition coefficient (Wildman–Crippen LogP) is 2.43. The maximum Gasteiger partial charge on any atom is 0.104 e. The molecule has 1 aliphatic rings. The summed E-state index contributed by atoms with van der Waals surface area (Å²) < 4.78 is 0. The number of nitriles is 1. The number of thiophene rings is 1. The summed E-state index contributed by atoms with van der Waals surface area (Å²) in [5, 5.41) is 9.72. The van der Waals surface area contributed by atoms with E-state index in [0.717, 1.165) is 24.8 Å². The molecule has 0 amide bonds. The van der Waals surface area contributed by atoms with E-state index in [4.69, 9.17) is 17.4 Å². The molecule has 0 unspecified atom stereocenters. The van der Waals surface area contributed by atoms with E-state index < -0.39 is 0 Å². The van der Waals surface area contributed by atoms with Crippen LogP contribution in [-0.2, 0) is 11.8 Å². The summed E-state index contributed by atoms with van der Waals surface area (Å²) in [6.45, 7) is 2.03. The van der Waals surface area contributed by atoms with Crippen molar-refractivity contribution in [2.24, 2.45) is 0 Å². The lowest BCUT2D eigenvalue weighted by Gasteiger charge is -2.29. The highest BCUT2D eigenvalue weighted by molar-refractivity contribution is 7.16. The van der Waals surface area contributed by atoms with E-state index in [9.17, 15) is 0 Å². The van der Waals surface area contributed by atoms with Gasteiger partial charge in [0.15, 0.2) is 0 Å². The van der Waals surface area contributed by atoms with Gasteiger partial charge < -0.3 is 5.73 Å². The van der Waals surface area contributed by atoms with Crippen LogP contribution in [0.5, 0.6) is 0 Å². The first kappa shape index (κ1) is 10.1. The topological polar surface area (TPSA) is 49.8 Å². The van der Waals surface area contributed by atoms with E-state index in [-0.39, 0.29) is 5.41 Å². The highest BCUT2D eigenvalue weighted by atomic mass is 32.1. The van der Waals surface area contributed by atoms with Crippen LogP contribution in [0.1, 0.15) is 35.8 Å². The SMILES string of the molecule is C#C[C@]1(C)CCCc2sc(N)c(C#N)c21. The van der Waals surface area contributed by atoms with E-state index in [1.807, 2.05) is 6.92 Å². The molecule has 2 nitrogen and oxygen atoms in total. The molecule has 0 aromatic carbocycles. The zero-order valence-electron chi connectivity index (χ0n) is 8.63. The van der Waals surface area contributed by atoms with Gasteiger partial charge in [-0.25, -0.2) is 0 Å². The first-order valence-corrected chi connectivity index (χ1v) is 5.73. The molecule has 1 aliphatic carbocycles. The Morgan fingerprint density at radius 1 is 1.60 bits per heavy atom. The van der Waals surface area contributed by atoms with Crippen LogP contribution in [0.3, 0.4) is 0 Å². The molecule has 3 heteroatoms. The minimum atomic E-state index is -0.299. The number of nitrogens with zero attached hydrogens (tertiary/aromatic N) is 1. The maximum absolute atomic E-state index is 9.10. The van der Waals surface area contributed by atoms with Crippen LogP contribution in [0, 0.1) is 23.7 Å². The van der Waals surface area contributed by atoms with Crippen molar-refractivity contribution in [1.82, 2.24) is 0 Å². The summed E-state index contributed by atoms with van der Waals surface area (Å²) in [4.78, 5) is 1.20. The third-order valence-electron chi connectivity index (χ3n) is 3.07. The fraction of sp³-hybridized carbons (Fsp3) is 0.417. The Hall–Kier alpha value is -1.45. The molecule has 0 saturated heterocycles. The minimum absolute atomic E-state index is 0.299. The standard InChI is InChI=1S/C12H12N2S/c1-3-12(2)6-4-5-9-10(12)8(7-13)11(14)15-9/h1H,4-6,14H2,2H3/t12-/m1/s1. The maximum atomic E-state index is 9.10. The van der Waals surface area contributed by atoms with Crippen molar-refractivity contribution in [3.63, 3.8) is 0 Å². The van der Waals surface area contributed by atoms with Crippen molar-refractivity contribution in [1.29, 1.82) is 5.26 Å². The Labute approximate surface area is 93.7 Å². The molecule has 0 bridgehead atoms. The molecule has 15 heavy (non-hydrogen) atoms. The van der Waals surface area contributed by atoms with Gasteiger partial charge in [0, 0.05) is 10.4 Å². The van der Waals surface area contributed by atoms with Gasteiger partial charge in [-0.05, 0) is 26.2 Å². The molecule has 1 aromatic heterocycles. The number of nitrogen functional groups attached to an aromatic ring is 1. The van der Waals surface area contributed by atoms with Crippen molar-refractivity contribution >= 4 is 16.3 Å². The largest absolute Gasteiger partial charge is 0.389 e. The van der Waals surface area contributed by atoms with Crippen LogP contribution in [0.2, 0.25) is 0 Å². The van der Waals surface area contributed by atoms with Crippen LogP contribution in [0.15, 0.2) is 0 Å². The molecule has 0 spiro atoms. The number of hydrogen-bond acceptors (Lipinski definition) is 3. The molecule has 1 atom stereocenters. The van der Waals surface area contributed by atoms with Crippen molar-refractivity contribution in [2.75, 3.05) is 5.73 Å². The quantitative estimate of drug-likeness (QED) is 0.677. The first-order chi connectivity index (χ1) is 7.12. The summed E-state index contributed by atoms with van der Waals surface area (Å²) in [6.07, 6.45) is 8.62. The predicted molar refractivity (Wildman–Crippen MR) is 62.6 cm³/mol. The first-order valence-electron chi connectivity index (χ1n) is 4.92. The van der Waals surface area contributed by atoms with Gasteiger partial charge in [-0.3, -0.25) is 0 Å². The number of aryl methyl sites for hydroxylation is 1. The van der Waals surface area contributed by atoms with Crippen molar-refractivity contribution in [3.05, 3.63) is 16.0 Å². The molecule has 0 fully saturated rings. The molecule has 2 rings (SSSR count). The highest BCUT2D eigenvalue weighted by Crippen LogP contribution is 2.44.